The number of likely N-dealkylation sites (tertiary alicyclic amines) is 1. The zero-order valence-electron chi connectivity index (χ0n) is 12.3. The Morgan fingerprint density at radius 2 is 2.00 bits per heavy atom. The smallest absolute Gasteiger partial charge is 0.321 e. The van der Waals surface area contributed by atoms with Gasteiger partial charge in [0.15, 0.2) is 0 Å². The number of nitrogens with one attached hydrogen (secondary N) is 1. The molecule has 23 heavy (non-hydrogen) atoms. The highest BCUT2D eigenvalue weighted by Crippen LogP contribution is 2.27. The van der Waals surface area contributed by atoms with Crippen LogP contribution in [0.4, 0.5) is 15.3 Å². The molecule has 6 nitrogen and oxygen atoms in total. The van der Waals surface area contributed by atoms with Gasteiger partial charge in [-0.3, -0.25) is 14.5 Å². The van der Waals surface area contributed by atoms with E-state index in [0.717, 1.165) is 11.8 Å². The Hall–Kier alpha value is -1.73. The van der Waals surface area contributed by atoms with Crippen molar-refractivity contribution < 1.29 is 14.4 Å². The lowest BCUT2D eigenvalue weighted by Crippen LogP contribution is -2.49. The summed E-state index contributed by atoms with van der Waals surface area (Å²) in [4.78, 5) is 38.8. The van der Waals surface area contributed by atoms with Crippen LogP contribution in [0.5, 0.6) is 0 Å². The van der Waals surface area contributed by atoms with Gasteiger partial charge in [-0.2, -0.15) is 0 Å². The van der Waals surface area contributed by atoms with Gasteiger partial charge >= 0.3 is 6.03 Å². The van der Waals surface area contributed by atoms with Crippen LogP contribution in [-0.4, -0.2) is 51.9 Å². The maximum Gasteiger partial charge on any atom is 0.321 e. The van der Waals surface area contributed by atoms with Crippen molar-refractivity contribution in [2.45, 2.75) is 18.9 Å². The highest BCUT2D eigenvalue weighted by Gasteiger charge is 2.37. The third kappa shape index (κ3) is 3.61. The van der Waals surface area contributed by atoms with E-state index in [-0.39, 0.29) is 29.0 Å². The first kappa shape index (κ1) is 16.1. The van der Waals surface area contributed by atoms with Gasteiger partial charge in [0.25, 0.3) is 5.24 Å². The minimum absolute atomic E-state index is 0.0970. The Labute approximate surface area is 143 Å². The van der Waals surface area contributed by atoms with Crippen LogP contribution in [0.1, 0.15) is 12.8 Å². The second-order valence-corrected chi connectivity index (χ2v) is 6.84. The Kier molecular flexibility index (Phi) is 4.77. The fraction of sp³-hybridized carbons (Fsp3) is 0.400. The molecule has 4 amide bonds. The second kappa shape index (κ2) is 6.80. The number of imide groups is 1. The van der Waals surface area contributed by atoms with E-state index in [1.165, 1.54) is 4.90 Å². The number of rotatable bonds is 2. The summed E-state index contributed by atoms with van der Waals surface area (Å²) < 4.78 is 0. The predicted octanol–water partition coefficient (Wildman–Crippen LogP) is 3.03. The summed E-state index contributed by atoms with van der Waals surface area (Å²) in [5, 5.41) is 3.20. The number of halogens is 1. The molecule has 1 aromatic carbocycles. The van der Waals surface area contributed by atoms with Gasteiger partial charge in [0.05, 0.1) is 5.75 Å². The van der Waals surface area contributed by atoms with Crippen molar-refractivity contribution in [3.8, 4) is 0 Å². The summed E-state index contributed by atoms with van der Waals surface area (Å²) in [5.41, 5.74) is 0.644. The van der Waals surface area contributed by atoms with Gasteiger partial charge in [0.2, 0.25) is 5.91 Å². The zero-order valence-corrected chi connectivity index (χ0v) is 13.9. The quantitative estimate of drug-likeness (QED) is 0.887. The number of anilines is 1. The van der Waals surface area contributed by atoms with Crippen LogP contribution in [-0.2, 0) is 4.79 Å². The van der Waals surface area contributed by atoms with Crippen LogP contribution in [0.15, 0.2) is 24.3 Å². The number of carbonyl (C=O) groups excluding carboxylic acids is 3. The average molecular weight is 354 g/mol. The van der Waals surface area contributed by atoms with Gasteiger partial charge in [-0.25, -0.2) is 4.79 Å². The zero-order chi connectivity index (χ0) is 16.4. The number of thioether (sulfide) groups is 1. The normalized spacial score (nSPS) is 19.3. The number of urea groups is 1. The predicted molar refractivity (Wildman–Crippen MR) is 89.8 cm³/mol. The number of carbonyl (C=O) groups is 3. The molecule has 1 N–H and O–H groups in total. The van der Waals surface area contributed by atoms with E-state index in [1.54, 1.807) is 29.2 Å². The van der Waals surface area contributed by atoms with E-state index in [4.69, 9.17) is 11.6 Å². The molecule has 3 rings (SSSR count). The summed E-state index contributed by atoms with van der Waals surface area (Å²) in [7, 11) is 0. The van der Waals surface area contributed by atoms with Crippen molar-refractivity contribution in [2.24, 2.45) is 0 Å². The summed E-state index contributed by atoms with van der Waals surface area (Å²) >= 11 is 6.95. The lowest BCUT2D eigenvalue weighted by molar-refractivity contribution is -0.126. The molecule has 1 aromatic rings. The molecule has 0 aliphatic carbocycles. The first-order valence-corrected chi connectivity index (χ1v) is 8.71. The van der Waals surface area contributed by atoms with E-state index in [1.807, 2.05) is 0 Å². The largest absolute Gasteiger partial charge is 0.324 e. The molecular weight excluding hydrogens is 338 g/mol. The first-order valence-electron chi connectivity index (χ1n) is 7.35. The average Bonchev–Trinajstić information content (AvgIpc) is 2.86. The molecule has 0 bridgehead atoms. The van der Waals surface area contributed by atoms with Gasteiger partial charge in [-0.15, -0.1) is 0 Å². The second-order valence-electron chi connectivity index (χ2n) is 5.48. The minimum Gasteiger partial charge on any atom is -0.324 e. The van der Waals surface area contributed by atoms with Gasteiger partial charge in [-0.05, 0) is 31.0 Å². The van der Waals surface area contributed by atoms with Gasteiger partial charge < -0.3 is 10.2 Å². The molecule has 0 atom stereocenters. The summed E-state index contributed by atoms with van der Waals surface area (Å²) in [5.74, 6) is 0.107. The van der Waals surface area contributed by atoms with E-state index < -0.39 is 0 Å². The van der Waals surface area contributed by atoms with Crippen LogP contribution < -0.4 is 5.32 Å². The monoisotopic (exact) mass is 353 g/mol. The Morgan fingerprint density at radius 3 is 2.61 bits per heavy atom. The molecule has 0 saturated carbocycles. The van der Waals surface area contributed by atoms with Crippen LogP contribution in [0.3, 0.4) is 0 Å². The van der Waals surface area contributed by atoms with Crippen molar-refractivity contribution in [1.82, 2.24) is 9.80 Å². The van der Waals surface area contributed by atoms with Crippen LogP contribution in [0, 0.1) is 0 Å². The number of piperidine rings is 1. The third-order valence-corrected chi connectivity index (χ3v) is 5.05. The van der Waals surface area contributed by atoms with Crippen LogP contribution in [0.2, 0.25) is 5.02 Å². The summed E-state index contributed by atoms with van der Waals surface area (Å²) in [6.07, 6.45) is 1.22. The molecule has 2 saturated heterocycles. The Bertz CT molecular complexity index is 631. The summed E-state index contributed by atoms with van der Waals surface area (Å²) in [6, 6.07) is 6.68. The third-order valence-electron chi connectivity index (χ3n) is 3.98. The molecule has 2 heterocycles. The Morgan fingerprint density at radius 1 is 1.26 bits per heavy atom. The summed E-state index contributed by atoms with van der Waals surface area (Å²) in [6.45, 7) is 1.03. The van der Waals surface area contributed by atoms with E-state index in [9.17, 15) is 14.4 Å². The standard InChI is InChI=1S/C15H16ClN3O3S/c16-10-2-1-3-11(8-10)17-14(21)18-6-4-12(5-7-18)19-13(20)9-23-15(19)22/h1-3,8,12H,4-7,9H2,(H,17,21). The number of hydrogen-bond acceptors (Lipinski definition) is 4. The molecule has 0 aromatic heterocycles. The maximum absolute atomic E-state index is 12.3. The fourth-order valence-electron chi connectivity index (χ4n) is 2.81. The molecule has 8 heteroatoms. The van der Waals surface area contributed by atoms with Crippen molar-refractivity contribution in [1.29, 1.82) is 0 Å². The lowest BCUT2D eigenvalue weighted by Gasteiger charge is -2.35. The molecule has 0 unspecified atom stereocenters. The van der Waals surface area contributed by atoms with E-state index in [2.05, 4.69) is 5.32 Å². The van der Waals surface area contributed by atoms with Crippen molar-refractivity contribution in [3.63, 3.8) is 0 Å². The molecule has 0 radical (unpaired) electrons. The number of amides is 4. The van der Waals surface area contributed by atoms with Crippen LogP contribution in [0.25, 0.3) is 0 Å². The molecule has 122 valence electrons. The van der Waals surface area contributed by atoms with E-state index in [0.29, 0.717) is 36.6 Å². The van der Waals surface area contributed by atoms with Crippen LogP contribution >= 0.6 is 23.4 Å². The SMILES string of the molecule is O=C(Nc1cccc(Cl)c1)N1CCC(N2C(=O)CSC2=O)CC1. The number of nitrogens with zero attached hydrogens (tertiary/aromatic N) is 2. The molecular formula is C15H16ClN3O3S. The maximum atomic E-state index is 12.3. The van der Waals surface area contributed by atoms with Crippen molar-refractivity contribution in [2.75, 3.05) is 24.2 Å². The minimum atomic E-state index is -0.195. The Balaban J connectivity index is 1.55. The van der Waals surface area contributed by atoms with E-state index >= 15 is 0 Å². The molecule has 2 aliphatic heterocycles. The first-order chi connectivity index (χ1) is 11.0. The molecule has 0 spiro atoms. The highest BCUT2D eigenvalue weighted by molar-refractivity contribution is 8.14. The molecule has 2 aliphatic rings. The fourth-order valence-corrected chi connectivity index (χ4v) is 3.78. The van der Waals surface area contributed by atoms with Gasteiger partial charge in [-0.1, -0.05) is 29.4 Å². The van der Waals surface area contributed by atoms with Crippen molar-refractivity contribution >= 4 is 46.2 Å². The number of benzene rings is 1. The number of hydrogen-bond donors (Lipinski definition) is 1. The lowest BCUT2D eigenvalue weighted by atomic mass is 10.0. The highest BCUT2D eigenvalue weighted by atomic mass is 35.5. The van der Waals surface area contributed by atoms with Crippen molar-refractivity contribution in [3.05, 3.63) is 29.3 Å². The van der Waals surface area contributed by atoms with Gasteiger partial charge in [0, 0.05) is 29.8 Å². The topological polar surface area (TPSA) is 69.7 Å². The molecule has 2 fully saturated rings. The van der Waals surface area contributed by atoms with Gasteiger partial charge in [0.1, 0.15) is 0 Å².